The van der Waals surface area contributed by atoms with Gasteiger partial charge in [-0.1, -0.05) is 94.8 Å². The number of aliphatic hydroxyl groups is 1. The van der Waals surface area contributed by atoms with Crippen molar-refractivity contribution in [2.24, 2.45) is 0 Å². The molecule has 4 aromatic rings. The van der Waals surface area contributed by atoms with Crippen molar-refractivity contribution in [1.29, 1.82) is 0 Å². The lowest BCUT2D eigenvalue weighted by atomic mass is 9.71. The summed E-state index contributed by atoms with van der Waals surface area (Å²) >= 11 is 3.67. The topological polar surface area (TPSA) is 37.3 Å². The van der Waals surface area contributed by atoms with Crippen LogP contribution in [0.15, 0.2) is 89.4 Å². The van der Waals surface area contributed by atoms with Crippen LogP contribution in [0.3, 0.4) is 0 Å². The van der Waals surface area contributed by atoms with Gasteiger partial charge in [-0.3, -0.25) is 4.79 Å². The van der Waals surface area contributed by atoms with Crippen LogP contribution in [0, 0.1) is 0 Å². The second-order valence-electron chi connectivity index (χ2n) is 7.26. The number of hydrogen-bond donors (Lipinski definition) is 1. The molecule has 0 heterocycles. The summed E-state index contributed by atoms with van der Waals surface area (Å²) in [5.74, 6) is -0.0319. The molecule has 28 heavy (non-hydrogen) atoms. The highest BCUT2D eigenvalue weighted by Gasteiger charge is 2.41. The van der Waals surface area contributed by atoms with Crippen LogP contribution >= 0.6 is 15.9 Å². The Bertz CT molecular complexity index is 1190. The van der Waals surface area contributed by atoms with E-state index < -0.39 is 5.60 Å². The van der Waals surface area contributed by atoms with Crippen molar-refractivity contribution in [2.75, 3.05) is 0 Å². The molecule has 0 bridgehead atoms. The van der Waals surface area contributed by atoms with Crippen LogP contribution < -0.4 is 0 Å². The van der Waals surface area contributed by atoms with E-state index in [2.05, 4.69) is 40.2 Å². The molecule has 1 N–H and O–H groups in total. The van der Waals surface area contributed by atoms with Gasteiger partial charge in [-0.15, -0.1) is 0 Å². The van der Waals surface area contributed by atoms with E-state index in [1.807, 2.05) is 48.5 Å². The van der Waals surface area contributed by atoms with Gasteiger partial charge in [0.05, 0.1) is 0 Å². The predicted molar refractivity (Wildman–Crippen MR) is 115 cm³/mol. The fraction of sp³-hybridized carbons (Fsp3) is 0.0800. The average molecular weight is 429 g/mol. The van der Waals surface area contributed by atoms with Crippen LogP contribution in [0.4, 0.5) is 0 Å². The maximum atomic E-state index is 13.0. The first-order valence-corrected chi connectivity index (χ1v) is 10.0. The predicted octanol–water partition coefficient (Wildman–Crippen LogP) is 5.63. The highest BCUT2D eigenvalue weighted by Crippen LogP contribution is 2.42. The zero-order valence-electron chi connectivity index (χ0n) is 15.0. The highest BCUT2D eigenvalue weighted by molar-refractivity contribution is 9.10. The summed E-state index contributed by atoms with van der Waals surface area (Å²) in [6.07, 6.45) is 0.387. The molecular formula is C25H17BrO2. The van der Waals surface area contributed by atoms with Crippen molar-refractivity contribution >= 4 is 32.5 Å². The summed E-state index contributed by atoms with van der Waals surface area (Å²) in [4.78, 5) is 13.0. The van der Waals surface area contributed by atoms with Gasteiger partial charge in [0.2, 0.25) is 0 Å². The molecule has 0 fully saturated rings. The minimum absolute atomic E-state index is 0.0319. The molecule has 0 unspecified atom stereocenters. The van der Waals surface area contributed by atoms with Gasteiger partial charge in [0, 0.05) is 22.0 Å². The van der Waals surface area contributed by atoms with E-state index in [9.17, 15) is 9.90 Å². The molecule has 1 aliphatic carbocycles. The SMILES string of the molecule is O=C1c2ccccc2C(O)(Cc2cc(Br)c3ccccc3c2)c2ccccc21. The number of benzene rings is 4. The summed E-state index contributed by atoms with van der Waals surface area (Å²) in [7, 11) is 0. The van der Waals surface area contributed by atoms with E-state index in [0.29, 0.717) is 28.7 Å². The molecule has 4 aromatic carbocycles. The van der Waals surface area contributed by atoms with Crippen LogP contribution in [0.1, 0.15) is 32.6 Å². The van der Waals surface area contributed by atoms with Gasteiger partial charge in [0.15, 0.2) is 5.78 Å². The average Bonchev–Trinajstić information content (AvgIpc) is 2.72. The fourth-order valence-electron chi connectivity index (χ4n) is 4.28. The zero-order chi connectivity index (χ0) is 19.3. The number of halogens is 1. The first-order valence-electron chi connectivity index (χ1n) is 9.21. The monoisotopic (exact) mass is 428 g/mol. The quantitative estimate of drug-likeness (QED) is 0.449. The smallest absolute Gasteiger partial charge is 0.193 e. The molecular weight excluding hydrogens is 412 g/mol. The summed E-state index contributed by atoms with van der Waals surface area (Å²) in [6, 6.07) is 27.1. The highest BCUT2D eigenvalue weighted by atomic mass is 79.9. The van der Waals surface area contributed by atoms with Crippen molar-refractivity contribution in [1.82, 2.24) is 0 Å². The molecule has 3 heteroatoms. The fourth-order valence-corrected chi connectivity index (χ4v) is 4.94. The molecule has 0 radical (unpaired) electrons. The Kier molecular flexibility index (Phi) is 3.97. The third-order valence-electron chi connectivity index (χ3n) is 5.57. The lowest BCUT2D eigenvalue weighted by Crippen LogP contribution is -2.37. The third-order valence-corrected chi connectivity index (χ3v) is 6.22. The summed E-state index contributed by atoms with van der Waals surface area (Å²) in [6.45, 7) is 0. The van der Waals surface area contributed by atoms with Gasteiger partial charge in [0.25, 0.3) is 0 Å². The Hall–Kier alpha value is -2.75. The third kappa shape index (κ3) is 2.55. The van der Waals surface area contributed by atoms with Gasteiger partial charge < -0.3 is 5.11 Å². The lowest BCUT2D eigenvalue weighted by molar-refractivity contribution is 0.0721. The first kappa shape index (κ1) is 17.4. The van der Waals surface area contributed by atoms with Crippen LogP contribution in [0.5, 0.6) is 0 Å². The van der Waals surface area contributed by atoms with Crippen LogP contribution in [0.25, 0.3) is 10.8 Å². The molecule has 1 aliphatic rings. The number of carbonyl (C=O) groups excluding carboxylic acids is 1. The van der Waals surface area contributed by atoms with Gasteiger partial charge in [-0.2, -0.15) is 0 Å². The summed E-state index contributed by atoms with van der Waals surface area (Å²) < 4.78 is 0.998. The maximum absolute atomic E-state index is 13.0. The number of hydrogen-bond acceptors (Lipinski definition) is 2. The van der Waals surface area contributed by atoms with E-state index in [0.717, 1.165) is 20.8 Å². The number of carbonyl (C=O) groups is 1. The van der Waals surface area contributed by atoms with Crippen LogP contribution in [0.2, 0.25) is 0 Å². The van der Waals surface area contributed by atoms with Crippen molar-refractivity contribution in [3.05, 3.63) is 117 Å². The van der Waals surface area contributed by atoms with E-state index in [-0.39, 0.29) is 5.78 Å². The second kappa shape index (κ2) is 6.40. The molecule has 2 nitrogen and oxygen atoms in total. The van der Waals surface area contributed by atoms with E-state index >= 15 is 0 Å². The maximum Gasteiger partial charge on any atom is 0.193 e. The molecule has 0 amide bonds. The van der Waals surface area contributed by atoms with Crippen molar-refractivity contribution < 1.29 is 9.90 Å². The second-order valence-corrected chi connectivity index (χ2v) is 8.11. The molecule has 0 aliphatic heterocycles. The number of ketones is 1. The Morgan fingerprint density at radius 2 is 1.36 bits per heavy atom. The molecule has 0 spiro atoms. The molecule has 5 rings (SSSR count). The Labute approximate surface area is 171 Å². The minimum atomic E-state index is -1.26. The molecule has 136 valence electrons. The van der Waals surface area contributed by atoms with Crippen LogP contribution in [-0.2, 0) is 12.0 Å². The molecule has 0 saturated carbocycles. The van der Waals surface area contributed by atoms with Gasteiger partial charge in [0.1, 0.15) is 5.60 Å². The van der Waals surface area contributed by atoms with Gasteiger partial charge in [-0.05, 0) is 33.5 Å². The zero-order valence-corrected chi connectivity index (χ0v) is 16.6. The van der Waals surface area contributed by atoms with Gasteiger partial charge in [-0.25, -0.2) is 0 Å². The summed E-state index contributed by atoms with van der Waals surface area (Å²) in [5, 5.41) is 14.2. The van der Waals surface area contributed by atoms with E-state index in [4.69, 9.17) is 0 Å². The normalized spacial score (nSPS) is 14.6. The van der Waals surface area contributed by atoms with Crippen molar-refractivity contribution in [3.63, 3.8) is 0 Å². The van der Waals surface area contributed by atoms with E-state index in [1.165, 1.54) is 0 Å². The number of rotatable bonds is 2. The first-order chi connectivity index (χ1) is 13.6. The lowest BCUT2D eigenvalue weighted by Gasteiger charge is -2.36. The summed E-state index contributed by atoms with van der Waals surface area (Å²) in [5.41, 5.74) is 2.23. The molecule has 0 atom stereocenters. The van der Waals surface area contributed by atoms with Gasteiger partial charge >= 0.3 is 0 Å². The van der Waals surface area contributed by atoms with Crippen LogP contribution in [-0.4, -0.2) is 10.9 Å². The Balaban J connectivity index is 1.72. The Morgan fingerprint density at radius 3 is 2.04 bits per heavy atom. The minimum Gasteiger partial charge on any atom is -0.380 e. The standard InChI is InChI=1S/C25H17BrO2/c26-23-14-16(13-17-7-1-2-8-18(17)23)15-25(28)21-11-5-3-9-19(21)24(27)20-10-4-6-12-22(20)25/h1-14,28H,15H2. The largest absolute Gasteiger partial charge is 0.380 e. The number of fused-ring (bicyclic) bond motifs is 3. The molecule has 0 aromatic heterocycles. The molecule has 0 saturated heterocycles. The van der Waals surface area contributed by atoms with E-state index in [1.54, 1.807) is 12.1 Å². The van der Waals surface area contributed by atoms with Crippen molar-refractivity contribution in [3.8, 4) is 0 Å². The Morgan fingerprint density at radius 1 is 0.786 bits per heavy atom. The van der Waals surface area contributed by atoms with Crippen molar-refractivity contribution in [2.45, 2.75) is 12.0 Å².